The first-order chi connectivity index (χ1) is 7.25. The van der Waals surface area contributed by atoms with Crippen molar-refractivity contribution < 1.29 is 4.42 Å². The smallest absolute Gasteiger partial charge is 0.193 e. The molecule has 2 heteroatoms. The van der Waals surface area contributed by atoms with Crippen LogP contribution in [0.2, 0.25) is 0 Å². The number of rotatable bonds is 1. The van der Waals surface area contributed by atoms with E-state index < -0.39 is 0 Å². The predicted octanol–water partition coefficient (Wildman–Crippen LogP) is 2.70. The number of benzene rings is 1. The van der Waals surface area contributed by atoms with E-state index in [4.69, 9.17) is 4.42 Å². The third-order valence-corrected chi connectivity index (χ3v) is 2.52. The van der Waals surface area contributed by atoms with Crippen LogP contribution in [0.4, 0.5) is 0 Å². The van der Waals surface area contributed by atoms with E-state index in [-0.39, 0.29) is 5.43 Å². The molecule has 1 aromatic heterocycles. The van der Waals surface area contributed by atoms with E-state index in [0.717, 1.165) is 11.1 Å². The Morgan fingerprint density at radius 2 is 2.07 bits per heavy atom. The first-order valence-electron chi connectivity index (χ1n) is 4.84. The highest BCUT2D eigenvalue weighted by atomic mass is 16.3. The maximum absolute atomic E-state index is 11.9. The van der Waals surface area contributed by atoms with Crippen molar-refractivity contribution in [1.29, 1.82) is 0 Å². The van der Waals surface area contributed by atoms with Gasteiger partial charge in [-0.15, -0.1) is 0 Å². The molecule has 0 saturated heterocycles. The molecule has 1 radical (unpaired) electrons. The maximum atomic E-state index is 11.9. The number of aryl methyl sites for hydroxylation is 1. The van der Waals surface area contributed by atoms with Crippen LogP contribution in [0.3, 0.4) is 0 Å². The summed E-state index contributed by atoms with van der Waals surface area (Å²) in [4.78, 5) is 11.9. The molecule has 0 N–H and O–H groups in total. The topological polar surface area (TPSA) is 30.2 Å². The molecule has 0 amide bonds. The van der Waals surface area contributed by atoms with Crippen molar-refractivity contribution in [3.63, 3.8) is 0 Å². The largest absolute Gasteiger partial charge is 0.461 e. The highest BCUT2D eigenvalue weighted by molar-refractivity contribution is 5.99. The van der Waals surface area contributed by atoms with Crippen LogP contribution >= 0.6 is 0 Å². The first kappa shape index (κ1) is 8.48. The van der Waals surface area contributed by atoms with Gasteiger partial charge in [0.2, 0.25) is 0 Å². The molecule has 1 aromatic carbocycles. The molecule has 0 atom stereocenters. The van der Waals surface area contributed by atoms with Crippen LogP contribution < -0.4 is 5.43 Å². The van der Waals surface area contributed by atoms with Gasteiger partial charge in [-0.1, -0.05) is 18.2 Å². The molecule has 0 bridgehead atoms. The number of allylic oxidation sites excluding steroid dienone is 2. The summed E-state index contributed by atoms with van der Waals surface area (Å²) in [5.41, 5.74) is 2.79. The highest BCUT2D eigenvalue weighted by Gasteiger charge is 2.16. The maximum Gasteiger partial charge on any atom is 0.193 e. The molecule has 1 heterocycles. The van der Waals surface area contributed by atoms with E-state index in [1.807, 2.05) is 30.7 Å². The lowest BCUT2D eigenvalue weighted by molar-refractivity contribution is 0.564. The average Bonchev–Trinajstić information content (AvgIpc) is 2.99. The molecule has 1 aliphatic carbocycles. The van der Waals surface area contributed by atoms with Crippen LogP contribution in [-0.2, 0) is 0 Å². The third-order valence-electron chi connectivity index (χ3n) is 2.52. The summed E-state index contributed by atoms with van der Waals surface area (Å²) < 4.78 is 5.52. The Balaban J connectivity index is 2.48. The normalized spacial score (nSPS) is 14.1. The molecular formula is C13H9O2. The van der Waals surface area contributed by atoms with Gasteiger partial charge in [0.15, 0.2) is 5.43 Å². The molecule has 1 aliphatic rings. The van der Waals surface area contributed by atoms with Gasteiger partial charge < -0.3 is 4.42 Å². The van der Waals surface area contributed by atoms with Crippen molar-refractivity contribution in [3.05, 3.63) is 58.3 Å². The summed E-state index contributed by atoms with van der Waals surface area (Å²) in [6.45, 7) is 1.79. The second-order valence-electron chi connectivity index (χ2n) is 3.69. The fourth-order valence-corrected chi connectivity index (χ4v) is 1.79. The van der Waals surface area contributed by atoms with Gasteiger partial charge in [-0.25, -0.2) is 0 Å². The number of fused-ring (bicyclic) bond motifs is 1. The quantitative estimate of drug-likeness (QED) is 0.703. The zero-order chi connectivity index (χ0) is 10.4. The van der Waals surface area contributed by atoms with Crippen LogP contribution in [0.1, 0.15) is 11.3 Å². The predicted molar refractivity (Wildman–Crippen MR) is 59.5 cm³/mol. The zero-order valence-electron chi connectivity index (χ0n) is 8.28. The Bertz CT molecular complexity index is 633. The Hall–Kier alpha value is -1.83. The lowest BCUT2D eigenvalue weighted by atomic mass is 10.1. The minimum Gasteiger partial charge on any atom is -0.461 e. The fraction of sp³-hybridized carbons (Fsp3) is 0.0769. The van der Waals surface area contributed by atoms with Crippen molar-refractivity contribution >= 4 is 16.5 Å². The molecule has 0 aliphatic heterocycles. The second-order valence-corrected chi connectivity index (χ2v) is 3.69. The van der Waals surface area contributed by atoms with Crippen molar-refractivity contribution in [2.45, 2.75) is 6.92 Å². The Labute approximate surface area is 86.8 Å². The monoisotopic (exact) mass is 197 g/mol. The molecule has 0 spiro atoms. The highest BCUT2D eigenvalue weighted by Crippen LogP contribution is 2.33. The molecule has 2 nitrogen and oxygen atoms in total. The van der Waals surface area contributed by atoms with Gasteiger partial charge in [0.05, 0.1) is 5.39 Å². The van der Waals surface area contributed by atoms with Crippen LogP contribution in [0, 0.1) is 13.3 Å². The van der Waals surface area contributed by atoms with E-state index in [9.17, 15) is 4.79 Å². The van der Waals surface area contributed by atoms with Crippen LogP contribution in [0.15, 0.2) is 39.6 Å². The van der Waals surface area contributed by atoms with Gasteiger partial charge in [0.1, 0.15) is 11.3 Å². The minimum atomic E-state index is 0.0329. The van der Waals surface area contributed by atoms with Crippen molar-refractivity contribution in [2.24, 2.45) is 0 Å². The molecule has 15 heavy (non-hydrogen) atoms. The first-order valence-corrected chi connectivity index (χ1v) is 4.84. The van der Waals surface area contributed by atoms with Gasteiger partial charge in [-0.05, 0) is 24.1 Å². The molecular weight excluding hydrogens is 188 g/mol. The minimum absolute atomic E-state index is 0.0329. The van der Waals surface area contributed by atoms with E-state index in [0.29, 0.717) is 16.7 Å². The Morgan fingerprint density at radius 3 is 2.80 bits per heavy atom. The molecule has 0 fully saturated rings. The van der Waals surface area contributed by atoms with Crippen LogP contribution in [0.25, 0.3) is 16.5 Å². The van der Waals surface area contributed by atoms with Gasteiger partial charge >= 0.3 is 0 Å². The van der Waals surface area contributed by atoms with Gasteiger partial charge in [-0.2, -0.15) is 0 Å². The van der Waals surface area contributed by atoms with E-state index in [1.165, 1.54) is 6.07 Å². The lowest BCUT2D eigenvalue weighted by Gasteiger charge is -2.02. The van der Waals surface area contributed by atoms with E-state index >= 15 is 0 Å². The average molecular weight is 197 g/mol. The van der Waals surface area contributed by atoms with E-state index in [2.05, 4.69) is 0 Å². The summed E-state index contributed by atoms with van der Waals surface area (Å²) >= 11 is 0. The van der Waals surface area contributed by atoms with Gasteiger partial charge in [0.25, 0.3) is 0 Å². The molecule has 0 saturated carbocycles. The summed E-state index contributed by atoms with van der Waals surface area (Å²) in [5, 5.41) is 0.683. The van der Waals surface area contributed by atoms with E-state index in [1.54, 1.807) is 6.92 Å². The summed E-state index contributed by atoms with van der Waals surface area (Å²) in [6, 6.07) is 7.22. The fourth-order valence-electron chi connectivity index (χ4n) is 1.79. The summed E-state index contributed by atoms with van der Waals surface area (Å²) in [7, 11) is 0. The van der Waals surface area contributed by atoms with Crippen molar-refractivity contribution in [1.82, 2.24) is 0 Å². The summed E-state index contributed by atoms with van der Waals surface area (Å²) in [6.07, 6.45) is 3.99. The SMILES string of the molecule is Cc1cc(=O)c2c(C3=C[CH]3)cccc2o1. The zero-order valence-corrected chi connectivity index (χ0v) is 8.28. The van der Waals surface area contributed by atoms with Crippen LogP contribution in [-0.4, -0.2) is 0 Å². The molecule has 0 unspecified atom stereocenters. The van der Waals surface area contributed by atoms with Crippen molar-refractivity contribution in [2.75, 3.05) is 0 Å². The van der Waals surface area contributed by atoms with Gasteiger partial charge in [-0.3, -0.25) is 4.79 Å². The third kappa shape index (κ3) is 1.30. The standard InChI is InChI=1S/C13H9O2/c1-8-7-11(14)13-10(9-5-6-9)3-2-4-12(13)15-8/h2-7H,1H3. The Kier molecular flexibility index (Phi) is 1.60. The number of hydrogen-bond acceptors (Lipinski definition) is 2. The molecule has 2 aromatic rings. The van der Waals surface area contributed by atoms with Crippen molar-refractivity contribution in [3.8, 4) is 0 Å². The number of hydrogen-bond donors (Lipinski definition) is 0. The van der Waals surface area contributed by atoms with Gasteiger partial charge in [0, 0.05) is 12.5 Å². The lowest BCUT2D eigenvalue weighted by Crippen LogP contribution is -2.02. The Morgan fingerprint density at radius 1 is 1.27 bits per heavy atom. The second kappa shape index (κ2) is 2.83. The van der Waals surface area contributed by atoms with Crippen LogP contribution in [0.5, 0.6) is 0 Å². The molecule has 3 rings (SSSR count). The summed E-state index contributed by atoms with van der Waals surface area (Å²) in [5.74, 6) is 0.651. The molecule has 73 valence electrons.